The molecule has 6 rings (SSSR count). The van der Waals surface area contributed by atoms with Crippen LogP contribution in [0.5, 0.6) is 0 Å². The van der Waals surface area contributed by atoms with Gasteiger partial charge in [0.2, 0.25) is 5.91 Å². The number of nitrogens with one attached hydrogen (secondary N) is 1. The molecule has 1 spiro atoms. The van der Waals surface area contributed by atoms with Crippen LogP contribution in [0.15, 0.2) is 36.4 Å². The second-order valence-corrected chi connectivity index (χ2v) is 9.25. The number of aromatic nitrogens is 3. The van der Waals surface area contributed by atoms with E-state index in [2.05, 4.69) is 15.2 Å². The number of amides is 1. The first kappa shape index (κ1) is 19.3. The SMILES string of the molecule is O=C(O)c1cc(N2CCC3(CCNC3=O)C2)c2c(C3CCC3)nn(-c3ccccc3)c2n1. The number of nitrogens with zero attached hydrogens (tertiary/aromatic N) is 4. The number of hydrogen-bond acceptors (Lipinski definition) is 5. The number of carboxylic acids is 1. The quantitative estimate of drug-likeness (QED) is 0.658. The minimum atomic E-state index is -1.06. The van der Waals surface area contributed by atoms with E-state index < -0.39 is 5.97 Å². The third-order valence-electron chi connectivity index (χ3n) is 7.42. The fraction of sp³-hybridized carbons (Fsp3) is 0.417. The first-order valence-electron chi connectivity index (χ1n) is 11.3. The van der Waals surface area contributed by atoms with Crippen LogP contribution in [-0.2, 0) is 4.79 Å². The highest BCUT2D eigenvalue weighted by molar-refractivity contribution is 5.99. The van der Waals surface area contributed by atoms with Crippen LogP contribution in [0, 0.1) is 5.41 Å². The van der Waals surface area contributed by atoms with Gasteiger partial charge in [0.1, 0.15) is 0 Å². The number of rotatable bonds is 4. The normalized spacial score (nSPS) is 23.1. The van der Waals surface area contributed by atoms with Crippen molar-refractivity contribution in [1.82, 2.24) is 20.1 Å². The van der Waals surface area contributed by atoms with Gasteiger partial charge in [-0.25, -0.2) is 14.5 Å². The van der Waals surface area contributed by atoms with Gasteiger partial charge in [-0.05, 0) is 43.9 Å². The maximum atomic E-state index is 12.6. The molecule has 0 radical (unpaired) electrons. The van der Waals surface area contributed by atoms with Crippen molar-refractivity contribution in [3.63, 3.8) is 0 Å². The molecule has 1 saturated carbocycles. The molecule has 32 heavy (non-hydrogen) atoms. The number of pyridine rings is 1. The summed E-state index contributed by atoms with van der Waals surface area (Å²) in [6.07, 6.45) is 4.92. The molecule has 8 nitrogen and oxygen atoms in total. The number of fused-ring (bicyclic) bond motifs is 1. The van der Waals surface area contributed by atoms with Gasteiger partial charge < -0.3 is 15.3 Å². The molecule has 2 saturated heterocycles. The predicted molar refractivity (Wildman–Crippen MR) is 119 cm³/mol. The van der Waals surface area contributed by atoms with Gasteiger partial charge in [0.05, 0.1) is 27.9 Å². The lowest BCUT2D eigenvalue weighted by atomic mass is 9.82. The van der Waals surface area contributed by atoms with E-state index in [1.807, 2.05) is 30.3 Å². The van der Waals surface area contributed by atoms with Crippen LogP contribution in [0.25, 0.3) is 16.7 Å². The Kier molecular flexibility index (Phi) is 4.25. The first-order valence-corrected chi connectivity index (χ1v) is 11.3. The van der Waals surface area contributed by atoms with Gasteiger partial charge in [-0.1, -0.05) is 24.6 Å². The number of carbonyl (C=O) groups excluding carboxylic acids is 1. The lowest BCUT2D eigenvalue weighted by Gasteiger charge is -2.26. The summed E-state index contributed by atoms with van der Waals surface area (Å²) in [6.45, 7) is 2.02. The number of aromatic carboxylic acids is 1. The average molecular weight is 431 g/mol. The Labute approximate surface area is 185 Å². The highest BCUT2D eigenvalue weighted by Crippen LogP contribution is 2.45. The molecule has 3 aromatic rings. The monoisotopic (exact) mass is 431 g/mol. The summed E-state index contributed by atoms with van der Waals surface area (Å²) in [5.74, 6) is -0.598. The largest absolute Gasteiger partial charge is 0.477 e. The van der Waals surface area contributed by atoms with Crippen LogP contribution in [0.4, 0.5) is 5.69 Å². The second kappa shape index (κ2) is 7.05. The maximum Gasteiger partial charge on any atom is 0.354 e. The van der Waals surface area contributed by atoms with Crippen LogP contribution < -0.4 is 10.2 Å². The molecule has 164 valence electrons. The minimum absolute atomic E-state index is 0.00145. The van der Waals surface area contributed by atoms with Gasteiger partial charge >= 0.3 is 5.97 Å². The molecule has 3 aliphatic rings. The lowest BCUT2D eigenvalue weighted by molar-refractivity contribution is -0.126. The van der Waals surface area contributed by atoms with E-state index in [1.54, 1.807) is 10.7 Å². The smallest absolute Gasteiger partial charge is 0.354 e. The highest BCUT2D eigenvalue weighted by atomic mass is 16.4. The molecule has 1 aliphatic carbocycles. The van der Waals surface area contributed by atoms with Crippen molar-refractivity contribution in [2.75, 3.05) is 24.5 Å². The predicted octanol–water partition coefficient (Wildman–Crippen LogP) is 3.10. The molecule has 1 unspecified atom stereocenters. The Morgan fingerprint density at radius 2 is 2.00 bits per heavy atom. The van der Waals surface area contributed by atoms with Crippen LogP contribution in [-0.4, -0.2) is 51.4 Å². The summed E-state index contributed by atoms with van der Waals surface area (Å²) in [4.78, 5) is 31.3. The third-order valence-corrected chi connectivity index (χ3v) is 7.42. The fourth-order valence-corrected chi connectivity index (χ4v) is 5.38. The van der Waals surface area contributed by atoms with Crippen molar-refractivity contribution in [2.45, 2.75) is 38.0 Å². The first-order chi connectivity index (χ1) is 15.6. The zero-order valence-electron chi connectivity index (χ0n) is 17.8. The second-order valence-electron chi connectivity index (χ2n) is 9.25. The van der Waals surface area contributed by atoms with Gasteiger partial charge in [-0.2, -0.15) is 5.10 Å². The molecule has 2 aromatic heterocycles. The van der Waals surface area contributed by atoms with Gasteiger partial charge in [0, 0.05) is 25.6 Å². The molecule has 2 aliphatic heterocycles. The van der Waals surface area contributed by atoms with E-state index in [0.717, 1.165) is 48.1 Å². The third kappa shape index (κ3) is 2.82. The zero-order chi connectivity index (χ0) is 21.9. The number of anilines is 1. The van der Waals surface area contributed by atoms with Crippen molar-refractivity contribution >= 4 is 28.6 Å². The molecule has 1 aromatic carbocycles. The summed E-state index contributed by atoms with van der Waals surface area (Å²) in [5, 5.41) is 18.7. The molecular weight excluding hydrogens is 406 g/mol. The topological polar surface area (TPSA) is 100 Å². The van der Waals surface area contributed by atoms with Gasteiger partial charge in [-0.15, -0.1) is 0 Å². The van der Waals surface area contributed by atoms with Crippen LogP contribution in [0.1, 0.15) is 54.2 Å². The molecular formula is C24H25N5O3. The van der Waals surface area contributed by atoms with Crippen LogP contribution >= 0.6 is 0 Å². The van der Waals surface area contributed by atoms with Gasteiger partial charge in [0.25, 0.3) is 0 Å². The van der Waals surface area contributed by atoms with Crippen molar-refractivity contribution in [3.8, 4) is 5.69 Å². The van der Waals surface area contributed by atoms with E-state index >= 15 is 0 Å². The minimum Gasteiger partial charge on any atom is -0.477 e. The molecule has 1 amide bonds. The summed E-state index contributed by atoms with van der Waals surface area (Å²) in [6, 6.07) is 11.4. The molecule has 1 atom stereocenters. The Hall–Kier alpha value is -3.42. The van der Waals surface area contributed by atoms with Crippen molar-refractivity contribution in [2.24, 2.45) is 5.41 Å². The lowest BCUT2D eigenvalue weighted by Crippen LogP contribution is -2.34. The Balaban J connectivity index is 1.57. The Bertz CT molecular complexity index is 1230. The molecule has 8 heteroatoms. The molecule has 3 fully saturated rings. The highest BCUT2D eigenvalue weighted by Gasteiger charge is 2.48. The number of hydrogen-bond donors (Lipinski definition) is 2. The number of carbonyl (C=O) groups is 2. The van der Waals surface area contributed by atoms with Crippen LogP contribution in [0.3, 0.4) is 0 Å². The Morgan fingerprint density at radius 1 is 1.19 bits per heavy atom. The van der Waals surface area contributed by atoms with E-state index in [0.29, 0.717) is 31.2 Å². The molecule has 4 heterocycles. The number of carboxylic acid groups (broad SMARTS) is 1. The van der Waals surface area contributed by atoms with E-state index in [4.69, 9.17) is 5.10 Å². The summed E-state index contributed by atoms with van der Waals surface area (Å²) in [7, 11) is 0. The fourth-order valence-electron chi connectivity index (χ4n) is 5.38. The van der Waals surface area contributed by atoms with Gasteiger partial charge in [0.15, 0.2) is 11.3 Å². The summed E-state index contributed by atoms with van der Waals surface area (Å²) >= 11 is 0. The average Bonchev–Trinajstić information content (AvgIpc) is 3.46. The summed E-state index contributed by atoms with van der Waals surface area (Å²) in [5.41, 5.74) is 2.88. The standard InChI is InChI=1S/C24H25N5O3/c30-22(31)17-13-18(28-12-10-24(14-28)9-11-25-23(24)32)19-20(15-5-4-6-15)27-29(21(19)26-17)16-7-2-1-3-8-16/h1-3,7-8,13,15H,4-6,9-12,14H2,(H,25,32)(H,30,31). The molecule has 0 bridgehead atoms. The maximum absolute atomic E-state index is 12.6. The molecule has 2 N–H and O–H groups in total. The van der Waals surface area contributed by atoms with E-state index in [-0.39, 0.29) is 17.0 Å². The number of para-hydroxylation sites is 1. The Morgan fingerprint density at radius 3 is 2.66 bits per heavy atom. The number of benzene rings is 1. The summed E-state index contributed by atoms with van der Waals surface area (Å²) < 4.78 is 1.78. The van der Waals surface area contributed by atoms with Crippen molar-refractivity contribution in [3.05, 3.63) is 47.8 Å². The van der Waals surface area contributed by atoms with E-state index in [1.165, 1.54) is 6.42 Å². The van der Waals surface area contributed by atoms with Crippen LogP contribution in [0.2, 0.25) is 0 Å². The zero-order valence-corrected chi connectivity index (χ0v) is 17.8. The van der Waals surface area contributed by atoms with Crippen molar-refractivity contribution in [1.29, 1.82) is 0 Å². The van der Waals surface area contributed by atoms with Gasteiger partial charge in [-0.3, -0.25) is 4.79 Å². The van der Waals surface area contributed by atoms with Crippen molar-refractivity contribution < 1.29 is 14.7 Å². The van der Waals surface area contributed by atoms with E-state index in [9.17, 15) is 14.7 Å².